The number of halogens is 1. The Labute approximate surface area is 202 Å². The summed E-state index contributed by atoms with van der Waals surface area (Å²) >= 11 is 7.30. The number of imidazole rings is 1. The standard InChI is InChI=1S/C24H26ClN3O4S/c1-5-31-21(29)19-20(27-23(33-4)28(19)15-16-9-7-6-8-10-16)26-22(30)24(2,3)32-18-13-11-17(25)12-14-18/h6-14H,5,15H2,1-4H3,(H,26,30). The van der Waals surface area contributed by atoms with E-state index in [1.807, 2.05) is 36.6 Å². The highest BCUT2D eigenvalue weighted by molar-refractivity contribution is 7.98. The van der Waals surface area contributed by atoms with Crippen molar-refractivity contribution in [3.05, 3.63) is 70.9 Å². The van der Waals surface area contributed by atoms with Gasteiger partial charge < -0.3 is 19.4 Å². The second-order valence-corrected chi connectivity index (χ2v) is 8.82. The number of benzene rings is 2. The van der Waals surface area contributed by atoms with Crippen molar-refractivity contribution in [3.63, 3.8) is 0 Å². The van der Waals surface area contributed by atoms with Gasteiger partial charge in [-0.3, -0.25) is 4.79 Å². The SMILES string of the molecule is CCOC(=O)c1c(NC(=O)C(C)(C)Oc2ccc(Cl)cc2)nc(SC)n1Cc1ccccc1. The lowest BCUT2D eigenvalue weighted by Crippen LogP contribution is -2.43. The van der Waals surface area contributed by atoms with Gasteiger partial charge >= 0.3 is 5.97 Å². The van der Waals surface area contributed by atoms with Gasteiger partial charge in [0.05, 0.1) is 13.2 Å². The molecule has 2 aromatic carbocycles. The van der Waals surface area contributed by atoms with Crippen molar-refractivity contribution in [1.82, 2.24) is 9.55 Å². The monoisotopic (exact) mass is 487 g/mol. The number of hydrogen-bond acceptors (Lipinski definition) is 6. The van der Waals surface area contributed by atoms with Crippen LogP contribution in [0.4, 0.5) is 5.82 Å². The van der Waals surface area contributed by atoms with Gasteiger partial charge in [0, 0.05) is 5.02 Å². The molecule has 0 fully saturated rings. The van der Waals surface area contributed by atoms with E-state index in [4.69, 9.17) is 21.1 Å². The largest absolute Gasteiger partial charge is 0.478 e. The highest BCUT2D eigenvalue weighted by Gasteiger charge is 2.33. The van der Waals surface area contributed by atoms with E-state index < -0.39 is 17.5 Å². The maximum Gasteiger partial charge on any atom is 0.358 e. The fraction of sp³-hybridized carbons (Fsp3) is 0.292. The molecule has 1 aromatic heterocycles. The highest BCUT2D eigenvalue weighted by Crippen LogP contribution is 2.28. The molecule has 1 amide bonds. The summed E-state index contributed by atoms with van der Waals surface area (Å²) in [5, 5.41) is 3.91. The molecule has 3 aromatic rings. The Morgan fingerprint density at radius 3 is 2.39 bits per heavy atom. The molecule has 0 aliphatic rings. The van der Waals surface area contributed by atoms with E-state index in [2.05, 4.69) is 10.3 Å². The number of carbonyl (C=O) groups excluding carboxylic acids is 2. The molecule has 0 atom stereocenters. The second-order valence-electron chi connectivity index (χ2n) is 7.61. The Hall–Kier alpha value is -2.97. The lowest BCUT2D eigenvalue weighted by Gasteiger charge is -2.25. The third kappa shape index (κ3) is 6.09. The summed E-state index contributed by atoms with van der Waals surface area (Å²) in [5.41, 5.74) is -0.0802. The third-order valence-electron chi connectivity index (χ3n) is 4.73. The minimum atomic E-state index is -1.25. The molecule has 0 spiro atoms. The molecule has 0 bridgehead atoms. The average Bonchev–Trinajstić information content (AvgIpc) is 3.12. The Bertz CT molecular complexity index is 1110. The van der Waals surface area contributed by atoms with Gasteiger partial charge in [-0.1, -0.05) is 53.7 Å². The zero-order chi connectivity index (χ0) is 24.0. The molecule has 0 unspecified atom stereocenters. The first-order valence-corrected chi connectivity index (χ1v) is 12.0. The molecule has 1 N–H and O–H groups in total. The van der Waals surface area contributed by atoms with E-state index in [-0.39, 0.29) is 18.1 Å². The summed E-state index contributed by atoms with van der Waals surface area (Å²) in [5.74, 6) is -0.399. The Morgan fingerprint density at radius 2 is 1.79 bits per heavy atom. The number of esters is 1. The van der Waals surface area contributed by atoms with Crippen molar-refractivity contribution in [2.45, 2.75) is 38.1 Å². The smallest absolute Gasteiger partial charge is 0.358 e. The van der Waals surface area contributed by atoms with Crippen LogP contribution in [0.15, 0.2) is 59.8 Å². The van der Waals surface area contributed by atoms with Gasteiger partial charge in [0.2, 0.25) is 0 Å². The van der Waals surface area contributed by atoms with Crippen molar-refractivity contribution < 1.29 is 19.1 Å². The summed E-state index contributed by atoms with van der Waals surface area (Å²) in [4.78, 5) is 30.5. The second kappa shape index (κ2) is 10.8. The maximum absolute atomic E-state index is 13.1. The first-order chi connectivity index (χ1) is 15.7. The molecule has 7 nitrogen and oxygen atoms in total. The summed E-state index contributed by atoms with van der Waals surface area (Å²) < 4.78 is 12.9. The lowest BCUT2D eigenvalue weighted by atomic mass is 10.1. The van der Waals surface area contributed by atoms with Crippen molar-refractivity contribution in [3.8, 4) is 5.75 Å². The molecule has 0 saturated heterocycles. The molecule has 33 heavy (non-hydrogen) atoms. The Morgan fingerprint density at radius 1 is 1.12 bits per heavy atom. The van der Waals surface area contributed by atoms with Crippen molar-refractivity contribution >= 4 is 41.1 Å². The van der Waals surface area contributed by atoms with Gasteiger partial charge in [-0.15, -0.1) is 0 Å². The van der Waals surface area contributed by atoms with Crippen LogP contribution < -0.4 is 10.1 Å². The quantitative estimate of drug-likeness (QED) is 0.326. The zero-order valence-corrected chi connectivity index (χ0v) is 20.5. The topological polar surface area (TPSA) is 82.4 Å². The van der Waals surface area contributed by atoms with Gasteiger partial charge in [-0.2, -0.15) is 0 Å². The van der Waals surface area contributed by atoms with Crippen LogP contribution in [0.5, 0.6) is 5.75 Å². The predicted octanol–water partition coefficient (Wildman–Crippen LogP) is 5.28. The summed E-state index contributed by atoms with van der Waals surface area (Å²) in [6.45, 7) is 5.60. The number of nitrogens with one attached hydrogen (secondary N) is 1. The molecule has 0 aliphatic carbocycles. The fourth-order valence-corrected chi connectivity index (χ4v) is 3.78. The van der Waals surface area contributed by atoms with Crippen LogP contribution >= 0.6 is 23.4 Å². The maximum atomic E-state index is 13.1. The number of thioether (sulfide) groups is 1. The van der Waals surface area contributed by atoms with Gasteiger partial charge in [-0.25, -0.2) is 9.78 Å². The lowest BCUT2D eigenvalue weighted by molar-refractivity contribution is -0.128. The Kier molecular flexibility index (Phi) is 8.05. The van der Waals surface area contributed by atoms with Crippen LogP contribution in [0.25, 0.3) is 0 Å². The van der Waals surface area contributed by atoms with E-state index in [0.29, 0.717) is 22.5 Å². The molecule has 1 heterocycles. The van der Waals surface area contributed by atoms with Gasteiger partial charge in [-0.05, 0) is 56.9 Å². The van der Waals surface area contributed by atoms with E-state index in [1.165, 1.54) is 11.8 Å². The van der Waals surface area contributed by atoms with E-state index >= 15 is 0 Å². The number of hydrogen-bond donors (Lipinski definition) is 1. The number of amides is 1. The fourth-order valence-electron chi connectivity index (χ4n) is 3.10. The van der Waals surface area contributed by atoms with Crippen LogP contribution in [0.2, 0.25) is 5.02 Å². The minimum Gasteiger partial charge on any atom is -0.478 e. The van der Waals surface area contributed by atoms with E-state index in [9.17, 15) is 9.59 Å². The summed E-state index contributed by atoms with van der Waals surface area (Å²) in [7, 11) is 0. The first-order valence-electron chi connectivity index (χ1n) is 10.4. The molecular weight excluding hydrogens is 462 g/mol. The number of rotatable bonds is 9. The normalized spacial score (nSPS) is 11.2. The van der Waals surface area contributed by atoms with Crippen LogP contribution in [-0.2, 0) is 16.1 Å². The first kappa shape index (κ1) is 24.7. The van der Waals surface area contributed by atoms with Gasteiger partial charge in [0.1, 0.15) is 5.75 Å². The number of ether oxygens (including phenoxy) is 2. The van der Waals surface area contributed by atoms with Crippen molar-refractivity contribution in [2.24, 2.45) is 0 Å². The average molecular weight is 488 g/mol. The number of anilines is 1. The van der Waals surface area contributed by atoms with Crippen molar-refractivity contribution in [1.29, 1.82) is 0 Å². The van der Waals surface area contributed by atoms with Crippen LogP contribution in [-0.4, -0.2) is 39.9 Å². The Balaban J connectivity index is 1.92. The summed E-state index contributed by atoms with van der Waals surface area (Å²) in [6, 6.07) is 16.4. The van der Waals surface area contributed by atoms with E-state index in [1.54, 1.807) is 49.6 Å². The van der Waals surface area contributed by atoms with E-state index in [0.717, 1.165) is 5.56 Å². The van der Waals surface area contributed by atoms with Crippen LogP contribution in [0.3, 0.4) is 0 Å². The van der Waals surface area contributed by atoms with Gasteiger partial charge in [0.15, 0.2) is 22.3 Å². The molecule has 174 valence electrons. The summed E-state index contributed by atoms with van der Waals surface area (Å²) in [6.07, 6.45) is 1.86. The minimum absolute atomic E-state index is 0.131. The molecule has 0 saturated carbocycles. The molecule has 0 radical (unpaired) electrons. The third-order valence-corrected chi connectivity index (χ3v) is 5.66. The predicted molar refractivity (Wildman–Crippen MR) is 130 cm³/mol. The number of carbonyl (C=O) groups is 2. The van der Waals surface area contributed by atoms with Crippen molar-refractivity contribution in [2.75, 3.05) is 18.2 Å². The molecule has 3 rings (SSSR count). The zero-order valence-electron chi connectivity index (χ0n) is 18.9. The molecular formula is C24H26ClN3O4S. The highest BCUT2D eigenvalue weighted by atomic mass is 35.5. The number of aromatic nitrogens is 2. The van der Waals surface area contributed by atoms with Gasteiger partial charge in [0.25, 0.3) is 5.91 Å². The molecule has 9 heteroatoms. The van der Waals surface area contributed by atoms with Crippen LogP contribution in [0.1, 0.15) is 36.8 Å². The van der Waals surface area contributed by atoms with Crippen LogP contribution in [0, 0.1) is 0 Å². The molecule has 0 aliphatic heterocycles. The number of nitrogens with zero attached hydrogens (tertiary/aromatic N) is 2.